The lowest BCUT2D eigenvalue weighted by Crippen LogP contribution is -2.31. The first-order chi connectivity index (χ1) is 7.32. The minimum Gasteiger partial charge on any atom is -0.345 e. The summed E-state index contributed by atoms with van der Waals surface area (Å²) in [5, 5.41) is 1.22. The highest BCUT2D eigenvalue weighted by atomic mass is 79.9. The maximum Gasteiger partial charge on any atom is 0.0523 e. The minimum absolute atomic E-state index is 0.347. The van der Waals surface area contributed by atoms with Crippen molar-refractivity contribution in [2.45, 2.75) is 26.3 Å². The first-order valence-corrected chi connectivity index (χ1v) is 6.15. The average Bonchev–Trinajstić information content (AvgIpc) is 2.38. The molecule has 1 aromatic carbocycles. The molecule has 0 amide bonds. The van der Waals surface area contributed by atoms with Crippen LogP contribution >= 0.6 is 15.9 Å². The lowest BCUT2D eigenvalue weighted by Gasteiger charge is -2.20. The predicted molar refractivity (Wildman–Crippen MR) is 72.6 cm³/mol. The third-order valence-electron chi connectivity index (χ3n) is 2.90. The van der Waals surface area contributed by atoms with E-state index in [0.717, 1.165) is 10.2 Å². The van der Waals surface area contributed by atoms with Gasteiger partial charge in [0.2, 0.25) is 0 Å². The van der Waals surface area contributed by atoms with Crippen molar-refractivity contribution in [2.24, 2.45) is 12.8 Å². The van der Waals surface area contributed by atoms with Gasteiger partial charge < -0.3 is 10.3 Å². The van der Waals surface area contributed by atoms with Gasteiger partial charge in [-0.15, -0.1) is 0 Å². The Morgan fingerprint density at radius 3 is 2.50 bits per heavy atom. The Morgan fingerprint density at radius 2 is 1.94 bits per heavy atom. The molecule has 86 valence electrons. The molecule has 16 heavy (non-hydrogen) atoms. The van der Waals surface area contributed by atoms with Gasteiger partial charge in [-0.25, -0.2) is 0 Å². The molecule has 1 aromatic heterocycles. The molecule has 2 rings (SSSR count). The Bertz CT molecular complexity index is 547. The van der Waals surface area contributed by atoms with Crippen LogP contribution in [0.15, 0.2) is 22.7 Å². The third-order valence-corrected chi connectivity index (χ3v) is 3.71. The number of nitrogens with zero attached hydrogens (tertiary/aromatic N) is 1. The molecule has 0 aliphatic carbocycles. The van der Waals surface area contributed by atoms with Crippen molar-refractivity contribution in [1.82, 2.24) is 4.57 Å². The van der Waals surface area contributed by atoms with Crippen LogP contribution in [0.4, 0.5) is 0 Å². The summed E-state index contributed by atoms with van der Waals surface area (Å²) in [6, 6.07) is 6.46. The van der Waals surface area contributed by atoms with Gasteiger partial charge in [-0.3, -0.25) is 0 Å². The third kappa shape index (κ3) is 1.68. The SMILES string of the molecule is Cc1ccc2c(Br)c(C(C)(C)N)n(C)c2c1. The molecule has 0 aliphatic rings. The first-order valence-electron chi connectivity index (χ1n) is 5.36. The number of hydrogen-bond donors (Lipinski definition) is 1. The van der Waals surface area contributed by atoms with Gasteiger partial charge in [-0.1, -0.05) is 12.1 Å². The Hall–Kier alpha value is -0.800. The Kier molecular flexibility index (Phi) is 2.63. The Labute approximate surface area is 105 Å². The molecule has 0 aliphatic heterocycles. The molecule has 0 saturated carbocycles. The monoisotopic (exact) mass is 280 g/mol. The van der Waals surface area contributed by atoms with E-state index in [-0.39, 0.29) is 5.54 Å². The molecule has 2 aromatic rings. The molecule has 2 nitrogen and oxygen atoms in total. The van der Waals surface area contributed by atoms with Crippen LogP contribution in [-0.4, -0.2) is 4.57 Å². The quantitative estimate of drug-likeness (QED) is 0.852. The molecule has 0 atom stereocenters. The summed E-state index contributed by atoms with van der Waals surface area (Å²) in [4.78, 5) is 0. The van der Waals surface area contributed by atoms with Crippen molar-refractivity contribution in [2.75, 3.05) is 0 Å². The molecule has 1 heterocycles. The molecule has 3 heteroatoms. The van der Waals surface area contributed by atoms with E-state index >= 15 is 0 Å². The van der Waals surface area contributed by atoms with E-state index in [1.807, 2.05) is 13.8 Å². The lowest BCUT2D eigenvalue weighted by molar-refractivity contribution is 0.513. The highest BCUT2D eigenvalue weighted by Gasteiger charge is 2.24. The topological polar surface area (TPSA) is 30.9 Å². The number of rotatable bonds is 1. The van der Waals surface area contributed by atoms with Crippen LogP contribution in [0.5, 0.6) is 0 Å². The van der Waals surface area contributed by atoms with Gasteiger partial charge in [-0.05, 0) is 48.3 Å². The van der Waals surface area contributed by atoms with Crippen molar-refractivity contribution in [3.8, 4) is 0 Å². The van der Waals surface area contributed by atoms with Gasteiger partial charge >= 0.3 is 0 Å². The molecule has 0 unspecified atom stereocenters. The zero-order valence-electron chi connectivity index (χ0n) is 10.1. The van der Waals surface area contributed by atoms with Gasteiger partial charge in [0.05, 0.1) is 11.2 Å². The number of aryl methyl sites for hydroxylation is 2. The zero-order valence-corrected chi connectivity index (χ0v) is 11.7. The maximum atomic E-state index is 6.21. The fraction of sp³-hybridized carbons (Fsp3) is 0.385. The van der Waals surface area contributed by atoms with E-state index in [2.05, 4.69) is 52.7 Å². The van der Waals surface area contributed by atoms with Crippen LogP contribution in [0.1, 0.15) is 25.1 Å². The molecule has 0 radical (unpaired) electrons. The standard InChI is InChI=1S/C13H17BrN2/c1-8-5-6-9-10(7-8)16(4)12(11(9)14)13(2,3)15/h5-7H,15H2,1-4H3. The number of halogens is 1. The van der Waals surface area contributed by atoms with Crippen molar-refractivity contribution >= 4 is 26.8 Å². The number of aromatic nitrogens is 1. The van der Waals surface area contributed by atoms with E-state index in [0.29, 0.717) is 0 Å². The summed E-state index contributed by atoms with van der Waals surface area (Å²) in [5.41, 5.74) is 9.48. The molecule has 0 saturated heterocycles. The molecule has 2 N–H and O–H groups in total. The van der Waals surface area contributed by atoms with Crippen molar-refractivity contribution < 1.29 is 0 Å². The fourth-order valence-electron chi connectivity index (χ4n) is 2.22. The summed E-state index contributed by atoms with van der Waals surface area (Å²) in [6.45, 7) is 6.16. The van der Waals surface area contributed by atoms with Crippen LogP contribution < -0.4 is 5.73 Å². The molecule has 0 fully saturated rings. The highest BCUT2D eigenvalue weighted by molar-refractivity contribution is 9.10. The summed E-state index contributed by atoms with van der Waals surface area (Å²) in [7, 11) is 2.07. The van der Waals surface area contributed by atoms with Crippen LogP contribution in [0.25, 0.3) is 10.9 Å². The minimum atomic E-state index is -0.347. The van der Waals surface area contributed by atoms with Gasteiger partial charge in [-0.2, -0.15) is 0 Å². The second-order valence-corrected chi connectivity index (χ2v) is 5.76. The maximum absolute atomic E-state index is 6.21. The molecule has 0 bridgehead atoms. The van der Waals surface area contributed by atoms with Crippen LogP contribution in [-0.2, 0) is 12.6 Å². The zero-order chi connectivity index (χ0) is 12.1. The summed E-state index contributed by atoms with van der Waals surface area (Å²) in [6.07, 6.45) is 0. The van der Waals surface area contributed by atoms with Crippen molar-refractivity contribution in [3.63, 3.8) is 0 Å². The fourth-order valence-corrected chi connectivity index (χ4v) is 3.33. The van der Waals surface area contributed by atoms with Gasteiger partial charge in [0.1, 0.15) is 0 Å². The van der Waals surface area contributed by atoms with Crippen LogP contribution in [0, 0.1) is 6.92 Å². The van der Waals surface area contributed by atoms with E-state index < -0.39 is 0 Å². The van der Waals surface area contributed by atoms with Crippen molar-refractivity contribution in [1.29, 1.82) is 0 Å². The molecular formula is C13H17BrN2. The van der Waals surface area contributed by atoms with Crippen LogP contribution in [0.3, 0.4) is 0 Å². The molecular weight excluding hydrogens is 264 g/mol. The van der Waals surface area contributed by atoms with Gasteiger partial charge in [0.15, 0.2) is 0 Å². The summed E-state index contributed by atoms with van der Waals surface area (Å²) >= 11 is 3.66. The molecule has 0 spiro atoms. The van der Waals surface area contributed by atoms with E-state index in [4.69, 9.17) is 5.73 Å². The number of nitrogens with two attached hydrogens (primary N) is 1. The highest BCUT2D eigenvalue weighted by Crippen LogP contribution is 2.35. The predicted octanol–water partition coefficient (Wildman–Crippen LogP) is 3.44. The summed E-state index contributed by atoms with van der Waals surface area (Å²) < 4.78 is 3.28. The van der Waals surface area contributed by atoms with E-state index in [1.165, 1.54) is 16.5 Å². The lowest BCUT2D eigenvalue weighted by atomic mass is 10.0. The summed E-state index contributed by atoms with van der Waals surface area (Å²) in [5.74, 6) is 0. The largest absolute Gasteiger partial charge is 0.345 e. The van der Waals surface area contributed by atoms with E-state index in [1.54, 1.807) is 0 Å². The number of benzene rings is 1. The van der Waals surface area contributed by atoms with Gasteiger partial charge in [0, 0.05) is 22.4 Å². The van der Waals surface area contributed by atoms with Crippen LogP contribution in [0.2, 0.25) is 0 Å². The smallest absolute Gasteiger partial charge is 0.0523 e. The van der Waals surface area contributed by atoms with Gasteiger partial charge in [0.25, 0.3) is 0 Å². The number of hydrogen-bond acceptors (Lipinski definition) is 1. The normalized spacial score (nSPS) is 12.4. The van der Waals surface area contributed by atoms with E-state index in [9.17, 15) is 0 Å². The Balaban J connectivity index is 2.87. The number of fused-ring (bicyclic) bond motifs is 1. The second-order valence-electron chi connectivity index (χ2n) is 4.96. The van der Waals surface area contributed by atoms with Crippen molar-refractivity contribution in [3.05, 3.63) is 33.9 Å². The average molecular weight is 281 g/mol. The second kappa shape index (κ2) is 3.60. The first kappa shape index (κ1) is 11.7. The Morgan fingerprint density at radius 1 is 1.31 bits per heavy atom.